The minimum atomic E-state index is 0.864. The summed E-state index contributed by atoms with van der Waals surface area (Å²) in [5.41, 5.74) is 42.0. The number of nitrogens with one attached hydrogen (secondary N) is 2. The smallest absolute Gasteiger partial charge is 0.0816 e. The summed E-state index contributed by atoms with van der Waals surface area (Å²) in [5.74, 6) is 0. The maximum Gasteiger partial charge on any atom is 0.0816 e. The normalized spacial score (nSPS) is 13.0. The van der Waals surface area contributed by atoms with Crippen LogP contribution in [0.1, 0.15) is 44.5 Å². The number of hydrogen-bond donors (Lipinski definition) is 2. The predicted octanol–water partition coefficient (Wildman–Crippen LogP) is 22.2. The Morgan fingerprint density at radius 3 is 0.652 bits per heavy atom. The average molecular weight is 1170 g/mol. The zero-order chi connectivity index (χ0) is 59.9. The van der Waals surface area contributed by atoms with E-state index in [1.54, 1.807) is 0 Å². The van der Waals surface area contributed by atoms with Crippen molar-refractivity contribution in [2.75, 3.05) is 0 Å². The van der Waals surface area contributed by atoms with Crippen LogP contribution < -0.4 is 0 Å². The van der Waals surface area contributed by atoms with Crippen LogP contribution in [0.3, 0.4) is 0 Å². The van der Waals surface area contributed by atoms with Crippen molar-refractivity contribution in [3.8, 4) is 134 Å². The molecule has 2 N–H and O–H groups in total. The number of aromatic amines is 2. The number of hydrogen-bond acceptors (Lipinski definition) is 2. The van der Waals surface area contributed by atoms with E-state index in [1.807, 2.05) is 0 Å². The van der Waals surface area contributed by atoms with Crippen LogP contribution in [0.2, 0.25) is 0 Å². The molecule has 8 bridgehead atoms. The standard InChI is InChI=1S/C88H54N4/c1-5-21-61-49(17-1)41-57-45-53(33-37-65(57)61)77-81-69-25-9-11-27-71(69)83(89-81)78(54-34-38-66-58(46-54)42-50-18-2-6-22-62(50)66)85-73-29-13-15-31-75(73)87(91-85)80(56-36-40-68-60(48-56)44-52-20-4-8-24-64(52)68)88-76-32-16-14-30-74(76)86(92-88)79(84-72-28-12-10-26-70(72)82(77)90-84)55-35-39-67-59(47-55)43-51-19-3-7-23-63(51)67/h1-40,45-48,89,92H,41-44H2. The molecule has 7 aliphatic rings. The fourth-order valence-electron chi connectivity index (χ4n) is 17.0. The summed E-state index contributed by atoms with van der Waals surface area (Å²) < 4.78 is 0. The van der Waals surface area contributed by atoms with Crippen molar-refractivity contribution in [2.45, 2.75) is 25.7 Å². The summed E-state index contributed by atoms with van der Waals surface area (Å²) >= 11 is 0. The lowest BCUT2D eigenvalue weighted by molar-refractivity contribution is 1.26. The minimum absolute atomic E-state index is 0.864. The van der Waals surface area contributed by atoms with Crippen LogP contribution in [0.25, 0.3) is 178 Å². The van der Waals surface area contributed by atoms with E-state index in [4.69, 9.17) is 9.97 Å². The van der Waals surface area contributed by atoms with E-state index in [9.17, 15) is 0 Å². The third kappa shape index (κ3) is 7.12. The van der Waals surface area contributed by atoms with Gasteiger partial charge in [0.2, 0.25) is 0 Å². The van der Waals surface area contributed by atoms with Crippen molar-refractivity contribution in [3.63, 3.8) is 0 Å². The zero-order valence-electron chi connectivity index (χ0n) is 50.1. The molecule has 5 aliphatic carbocycles. The summed E-state index contributed by atoms with van der Waals surface area (Å²) in [6.07, 6.45) is 3.45. The summed E-state index contributed by atoms with van der Waals surface area (Å²) in [7, 11) is 0. The van der Waals surface area contributed by atoms with Gasteiger partial charge in [0.1, 0.15) is 0 Å². The Labute approximate surface area is 531 Å². The topological polar surface area (TPSA) is 57.4 Å². The largest absolute Gasteiger partial charge is 0.353 e. The van der Waals surface area contributed by atoms with Gasteiger partial charge in [-0.1, -0.05) is 267 Å². The fraction of sp³-hybridized carbons (Fsp3) is 0.0455. The highest BCUT2D eigenvalue weighted by Gasteiger charge is 2.33. The lowest BCUT2D eigenvalue weighted by Crippen LogP contribution is -1.90. The maximum atomic E-state index is 6.27. The van der Waals surface area contributed by atoms with Crippen LogP contribution in [0.5, 0.6) is 0 Å². The molecule has 0 radical (unpaired) electrons. The fourth-order valence-corrected chi connectivity index (χ4v) is 17.0. The van der Waals surface area contributed by atoms with Gasteiger partial charge in [0.05, 0.1) is 44.8 Å². The van der Waals surface area contributed by atoms with Gasteiger partial charge in [0.15, 0.2) is 0 Å². The Morgan fingerprint density at radius 1 is 0.196 bits per heavy atom. The van der Waals surface area contributed by atoms with E-state index in [1.165, 1.54) is 89.0 Å². The second-order valence-electron chi connectivity index (χ2n) is 25.9. The van der Waals surface area contributed by atoms with Crippen LogP contribution in [-0.2, 0) is 25.7 Å². The van der Waals surface area contributed by atoms with E-state index in [0.29, 0.717) is 0 Å². The van der Waals surface area contributed by atoms with E-state index in [2.05, 4.69) is 277 Å². The number of nitrogens with zero attached hydrogens (tertiary/aromatic N) is 2. The molecule has 2 aliphatic heterocycles. The molecule has 426 valence electrons. The Kier molecular flexibility index (Phi) is 10.3. The lowest BCUT2D eigenvalue weighted by Gasteiger charge is -2.11. The number of rotatable bonds is 4. The Morgan fingerprint density at radius 2 is 0.402 bits per heavy atom. The first-order valence-corrected chi connectivity index (χ1v) is 32.3. The second kappa shape index (κ2) is 18.9. The molecule has 0 unspecified atom stereocenters. The molecule has 2 aromatic heterocycles. The summed E-state index contributed by atoms with van der Waals surface area (Å²) in [6.45, 7) is 0. The first-order valence-electron chi connectivity index (χ1n) is 32.3. The Balaban J connectivity index is 0.980. The van der Waals surface area contributed by atoms with Crippen molar-refractivity contribution in [3.05, 3.63) is 311 Å². The summed E-state index contributed by atoms with van der Waals surface area (Å²) in [6, 6.07) is 100. The SMILES string of the molecule is c1ccc2c(c1)Cc1cc(-c3c4nc(c(-c5ccc6c(c5)Cc5ccccc5-6)c5[nH]c(c(-c6ccc7c(c6)Cc6ccccc6-7)c6nc(c(-c7ccc8c(c7)Cc7ccccc7-8)c7[nH]c3c3ccccc73)-c3ccccc3-6)c3ccccc53)-c3ccccc3-4)ccc1-2. The molecule has 0 atom stereocenters. The predicted molar refractivity (Wildman–Crippen MR) is 380 cm³/mol. The molecule has 4 heterocycles. The number of H-pyrrole nitrogens is 2. The van der Waals surface area contributed by atoms with Gasteiger partial charge in [0, 0.05) is 66.1 Å². The first kappa shape index (κ1) is 50.2. The van der Waals surface area contributed by atoms with Crippen LogP contribution in [0.15, 0.2) is 267 Å². The van der Waals surface area contributed by atoms with Crippen molar-refractivity contribution in [1.82, 2.24) is 19.9 Å². The molecule has 4 heteroatoms. The van der Waals surface area contributed by atoms with Crippen molar-refractivity contribution in [2.24, 2.45) is 0 Å². The number of aromatic nitrogens is 4. The molecule has 0 spiro atoms. The van der Waals surface area contributed by atoms with Gasteiger partial charge in [0.25, 0.3) is 0 Å². The third-order valence-corrected chi connectivity index (χ3v) is 21.0. The van der Waals surface area contributed by atoms with Crippen molar-refractivity contribution in [1.29, 1.82) is 0 Å². The Bertz CT molecular complexity index is 5300. The summed E-state index contributed by atoms with van der Waals surface area (Å²) in [4.78, 5) is 21.3. The molecule has 0 amide bonds. The van der Waals surface area contributed by atoms with Crippen molar-refractivity contribution >= 4 is 43.6 Å². The van der Waals surface area contributed by atoms with E-state index < -0.39 is 0 Å². The van der Waals surface area contributed by atoms with Gasteiger partial charge in [-0.2, -0.15) is 0 Å². The quantitative estimate of drug-likeness (QED) is 0.184. The second-order valence-corrected chi connectivity index (χ2v) is 25.9. The Hall–Kier alpha value is -11.7. The van der Waals surface area contributed by atoms with Gasteiger partial charge < -0.3 is 9.97 Å². The van der Waals surface area contributed by atoms with Crippen LogP contribution in [0, 0.1) is 0 Å². The highest BCUT2D eigenvalue weighted by Crippen LogP contribution is 2.54. The molecular formula is C88H54N4. The molecule has 14 aromatic rings. The molecule has 0 fully saturated rings. The molecular weight excluding hydrogens is 1110 g/mol. The maximum absolute atomic E-state index is 6.27. The van der Waals surface area contributed by atoms with Gasteiger partial charge in [-0.3, -0.25) is 0 Å². The zero-order valence-corrected chi connectivity index (χ0v) is 50.1. The van der Waals surface area contributed by atoms with E-state index in [0.717, 1.165) is 159 Å². The van der Waals surface area contributed by atoms with E-state index >= 15 is 0 Å². The minimum Gasteiger partial charge on any atom is -0.353 e. The van der Waals surface area contributed by atoms with E-state index in [-0.39, 0.29) is 0 Å². The molecule has 92 heavy (non-hydrogen) atoms. The first-order chi connectivity index (χ1) is 45.6. The molecule has 0 saturated heterocycles. The third-order valence-electron chi connectivity index (χ3n) is 21.0. The number of fused-ring (bicyclic) bond motifs is 12. The van der Waals surface area contributed by atoms with Gasteiger partial charge in [-0.05, 0) is 137 Å². The average Bonchev–Trinajstić information content (AvgIpc) is 1.58. The molecule has 12 aromatic carbocycles. The molecule has 4 nitrogen and oxygen atoms in total. The lowest BCUT2D eigenvalue weighted by atomic mass is 9.91. The number of benzene rings is 12. The molecule has 21 rings (SSSR count). The van der Waals surface area contributed by atoms with Gasteiger partial charge in [-0.15, -0.1) is 0 Å². The van der Waals surface area contributed by atoms with Gasteiger partial charge in [-0.25, -0.2) is 9.97 Å². The highest BCUT2D eigenvalue weighted by atomic mass is 14.8. The summed E-state index contributed by atoms with van der Waals surface area (Å²) in [5, 5.41) is 4.48. The van der Waals surface area contributed by atoms with Gasteiger partial charge >= 0.3 is 0 Å². The van der Waals surface area contributed by atoms with Crippen LogP contribution in [-0.4, -0.2) is 19.9 Å². The highest BCUT2D eigenvalue weighted by molar-refractivity contribution is 6.22. The monoisotopic (exact) mass is 1170 g/mol. The molecule has 0 saturated carbocycles. The van der Waals surface area contributed by atoms with Crippen LogP contribution >= 0.6 is 0 Å². The van der Waals surface area contributed by atoms with Crippen molar-refractivity contribution < 1.29 is 0 Å². The van der Waals surface area contributed by atoms with Crippen LogP contribution in [0.4, 0.5) is 0 Å².